The molecule has 2 N–H and O–H groups in total. The van der Waals surface area contributed by atoms with E-state index in [4.69, 9.17) is 10.7 Å². The minimum Gasteiger partial charge on any atom is -0.328 e. The number of carbonyl (C=O) groups excluding carboxylic acids is 1. The van der Waals surface area contributed by atoms with Crippen LogP contribution in [0.1, 0.15) is 30.4 Å². The van der Waals surface area contributed by atoms with Crippen molar-refractivity contribution in [2.45, 2.75) is 25.2 Å². The molecule has 0 spiro atoms. The van der Waals surface area contributed by atoms with Crippen LogP contribution in [0.4, 0.5) is 8.78 Å². The molecule has 0 radical (unpaired) electrons. The predicted molar refractivity (Wildman–Crippen MR) is 95.3 cm³/mol. The SMILES string of the molecule is CN1C(=N)N/C(=C2\CC(C#N)=CS2)[C@@H](c2ccc(C(C)(F)F)cc2)C1=O. The third-order valence-corrected chi connectivity index (χ3v) is 5.40. The van der Waals surface area contributed by atoms with Gasteiger partial charge in [0.1, 0.15) is 5.92 Å². The van der Waals surface area contributed by atoms with Gasteiger partial charge in [-0.25, -0.2) is 8.78 Å². The van der Waals surface area contributed by atoms with Gasteiger partial charge in [-0.3, -0.25) is 15.1 Å². The number of hydrogen-bond donors (Lipinski definition) is 2. The molecule has 0 unspecified atom stereocenters. The van der Waals surface area contributed by atoms with Gasteiger partial charge in [0.2, 0.25) is 11.9 Å². The second-order valence-corrected chi connectivity index (χ2v) is 7.16. The molecule has 1 atom stereocenters. The average Bonchev–Trinajstić information content (AvgIpc) is 3.08. The first kappa shape index (κ1) is 18.1. The van der Waals surface area contributed by atoms with Crippen molar-refractivity contribution in [1.29, 1.82) is 10.7 Å². The van der Waals surface area contributed by atoms with Gasteiger partial charge in [0.15, 0.2) is 0 Å². The Morgan fingerprint density at radius 3 is 2.58 bits per heavy atom. The summed E-state index contributed by atoms with van der Waals surface area (Å²) in [4.78, 5) is 14.8. The molecule has 2 heterocycles. The molecule has 3 rings (SSSR count). The van der Waals surface area contributed by atoms with Crippen LogP contribution in [0.3, 0.4) is 0 Å². The Bertz CT molecular complexity index is 878. The zero-order valence-corrected chi connectivity index (χ0v) is 15.0. The van der Waals surface area contributed by atoms with E-state index in [1.807, 2.05) is 0 Å². The van der Waals surface area contributed by atoms with Crippen LogP contribution in [0.5, 0.6) is 0 Å². The minimum absolute atomic E-state index is 0.0588. The van der Waals surface area contributed by atoms with Gasteiger partial charge in [-0.05, 0) is 11.0 Å². The highest BCUT2D eigenvalue weighted by molar-refractivity contribution is 8.06. The molecule has 1 saturated heterocycles. The van der Waals surface area contributed by atoms with Crippen molar-refractivity contribution in [3.63, 3.8) is 0 Å². The summed E-state index contributed by atoms with van der Waals surface area (Å²) in [7, 11) is 1.49. The number of nitrogens with one attached hydrogen (secondary N) is 2. The molecule has 0 aliphatic carbocycles. The van der Waals surface area contributed by atoms with Crippen LogP contribution in [0.25, 0.3) is 0 Å². The summed E-state index contributed by atoms with van der Waals surface area (Å²) in [6.45, 7) is 0.822. The van der Waals surface area contributed by atoms with Crippen LogP contribution in [0.15, 0.2) is 45.8 Å². The Labute approximate surface area is 153 Å². The molecule has 1 fully saturated rings. The van der Waals surface area contributed by atoms with E-state index in [1.54, 1.807) is 5.41 Å². The predicted octanol–water partition coefficient (Wildman–Crippen LogP) is 3.63. The van der Waals surface area contributed by atoms with E-state index in [1.165, 1.54) is 48.0 Å². The van der Waals surface area contributed by atoms with Crippen LogP contribution in [-0.4, -0.2) is 23.8 Å². The quantitative estimate of drug-likeness (QED) is 0.828. The van der Waals surface area contributed by atoms with Gasteiger partial charge in [-0.2, -0.15) is 5.26 Å². The first-order chi connectivity index (χ1) is 12.2. The number of amides is 1. The molecule has 1 aromatic carbocycles. The smallest absolute Gasteiger partial charge is 0.270 e. The number of allylic oxidation sites excluding steroid dienone is 2. The molecule has 0 saturated carbocycles. The van der Waals surface area contributed by atoms with Crippen molar-refractivity contribution in [1.82, 2.24) is 10.2 Å². The van der Waals surface area contributed by atoms with Gasteiger partial charge < -0.3 is 5.32 Å². The van der Waals surface area contributed by atoms with Gasteiger partial charge in [0.25, 0.3) is 5.92 Å². The van der Waals surface area contributed by atoms with Crippen LogP contribution < -0.4 is 5.32 Å². The molecular weight excluding hydrogens is 358 g/mol. The molecule has 5 nitrogen and oxygen atoms in total. The van der Waals surface area contributed by atoms with Gasteiger partial charge in [0, 0.05) is 42.1 Å². The van der Waals surface area contributed by atoms with E-state index in [2.05, 4.69) is 11.4 Å². The Morgan fingerprint density at radius 2 is 2.04 bits per heavy atom. The number of halogens is 2. The summed E-state index contributed by atoms with van der Waals surface area (Å²) < 4.78 is 26.9. The number of alkyl halides is 2. The van der Waals surface area contributed by atoms with Crippen molar-refractivity contribution in [2.75, 3.05) is 7.05 Å². The Hall–Kier alpha value is -2.66. The summed E-state index contributed by atoms with van der Waals surface area (Å²) in [5, 5.41) is 21.7. The van der Waals surface area contributed by atoms with Gasteiger partial charge in [-0.1, -0.05) is 36.0 Å². The number of guanidine groups is 1. The molecule has 2 aliphatic heterocycles. The second-order valence-electron chi connectivity index (χ2n) is 6.20. The number of thioether (sulfide) groups is 1. The summed E-state index contributed by atoms with van der Waals surface area (Å²) >= 11 is 1.34. The largest absolute Gasteiger partial charge is 0.328 e. The topological polar surface area (TPSA) is 80.0 Å². The van der Waals surface area contributed by atoms with Gasteiger partial charge in [0.05, 0.1) is 6.07 Å². The molecular formula is C18H16F2N4OS. The fourth-order valence-corrected chi connectivity index (χ4v) is 3.80. The van der Waals surface area contributed by atoms with Gasteiger partial charge in [-0.15, -0.1) is 0 Å². The van der Waals surface area contributed by atoms with Crippen molar-refractivity contribution >= 4 is 23.6 Å². The highest BCUT2D eigenvalue weighted by atomic mass is 32.2. The standard InChI is InChI=1S/C18H16F2N4OS/c1-18(19,20)12-5-3-11(4-6-12)14-15(13-7-10(8-21)9-26-13)23-17(22)24(2)16(14)25/h3-6,9,14H,7H2,1-2H3,(H2,22,23)/b15-13+/t14-/m1/s1. The number of hydrogen-bond acceptors (Lipinski definition) is 4. The number of nitriles is 1. The highest BCUT2D eigenvalue weighted by Gasteiger charge is 2.38. The first-order valence-corrected chi connectivity index (χ1v) is 8.70. The van der Waals surface area contributed by atoms with Crippen molar-refractivity contribution in [3.8, 4) is 6.07 Å². The normalized spacial score (nSPS) is 23.6. The van der Waals surface area contributed by atoms with Crippen LogP contribution in [0.2, 0.25) is 0 Å². The Kier molecular flexibility index (Phi) is 4.59. The average molecular weight is 374 g/mol. The minimum atomic E-state index is -2.96. The summed E-state index contributed by atoms with van der Waals surface area (Å²) in [6, 6.07) is 7.74. The van der Waals surface area contributed by atoms with Crippen LogP contribution >= 0.6 is 11.8 Å². The lowest BCUT2D eigenvalue weighted by atomic mass is 9.90. The molecule has 8 heteroatoms. The summed E-state index contributed by atoms with van der Waals surface area (Å²) in [5.74, 6) is -4.07. The second kappa shape index (κ2) is 6.57. The molecule has 1 amide bonds. The van der Waals surface area contributed by atoms with Crippen molar-refractivity contribution < 1.29 is 13.6 Å². The van der Waals surface area contributed by atoms with E-state index in [0.29, 0.717) is 23.3 Å². The highest BCUT2D eigenvalue weighted by Crippen LogP contribution is 2.41. The lowest BCUT2D eigenvalue weighted by Crippen LogP contribution is -2.51. The fourth-order valence-electron chi connectivity index (χ4n) is 2.84. The van der Waals surface area contributed by atoms with Crippen LogP contribution in [-0.2, 0) is 10.7 Å². The first-order valence-electron chi connectivity index (χ1n) is 7.82. The van der Waals surface area contributed by atoms with E-state index >= 15 is 0 Å². The zero-order valence-electron chi connectivity index (χ0n) is 14.1. The molecule has 2 aliphatic rings. The molecule has 0 bridgehead atoms. The number of rotatable bonds is 2. The maximum Gasteiger partial charge on any atom is 0.270 e. The van der Waals surface area contributed by atoms with E-state index < -0.39 is 11.8 Å². The molecule has 26 heavy (non-hydrogen) atoms. The number of carbonyl (C=O) groups is 1. The maximum absolute atomic E-state index is 13.5. The molecule has 134 valence electrons. The number of likely N-dealkylation sites (N-methyl/N-ethyl adjacent to an activating group) is 1. The number of benzene rings is 1. The zero-order chi connectivity index (χ0) is 19.1. The van der Waals surface area contributed by atoms with E-state index in [9.17, 15) is 13.6 Å². The Morgan fingerprint density at radius 1 is 1.38 bits per heavy atom. The monoisotopic (exact) mass is 374 g/mol. The lowest BCUT2D eigenvalue weighted by Gasteiger charge is -2.34. The van der Waals surface area contributed by atoms with E-state index in [-0.39, 0.29) is 17.4 Å². The third-order valence-electron chi connectivity index (χ3n) is 4.34. The fraction of sp³-hybridized carbons (Fsp3) is 0.278. The molecule has 1 aromatic rings. The van der Waals surface area contributed by atoms with Gasteiger partial charge >= 0.3 is 0 Å². The van der Waals surface area contributed by atoms with Crippen molar-refractivity contribution in [3.05, 3.63) is 57.0 Å². The molecule has 0 aromatic heterocycles. The summed E-state index contributed by atoms with van der Waals surface area (Å²) in [6.07, 6.45) is 0.384. The Balaban J connectivity index is 2.03. The van der Waals surface area contributed by atoms with Crippen LogP contribution in [0, 0.1) is 16.7 Å². The maximum atomic E-state index is 13.5. The third kappa shape index (κ3) is 3.22. The van der Waals surface area contributed by atoms with E-state index in [0.717, 1.165) is 11.8 Å². The number of nitrogens with zero attached hydrogens (tertiary/aromatic N) is 2. The summed E-state index contributed by atoms with van der Waals surface area (Å²) in [5.41, 5.74) is 1.54. The lowest BCUT2D eigenvalue weighted by molar-refractivity contribution is -0.128. The van der Waals surface area contributed by atoms with Crippen molar-refractivity contribution in [2.24, 2.45) is 0 Å².